The number of ether oxygens (including phenoxy) is 1. The van der Waals surface area contributed by atoms with Crippen LogP contribution in [0.1, 0.15) is 33.1 Å². The Bertz CT molecular complexity index is 529. The van der Waals surface area contributed by atoms with Crippen molar-refractivity contribution >= 4 is 25.6 Å². The molecule has 0 aromatic heterocycles. The van der Waals surface area contributed by atoms with E-state index in [1.807, 2.05) is 13.1 Å². The number of nitro groups is 1. The number of rotatable bonds is 8. The molecule has 0 fully saturated rings. The molecule has 7 heteroatoms. The molecule has 1 rings (SSSR count). The minimum absolute atomic E-state index is 0.0563. The van der Waals surface area contributed by atoms with Gasteiger partial charge in [0.2, 0.25) is 0 Å². The Hall–Kier alpha value is -1.11. The third kappa shape index (κ3) is 5.26. The number of halogens is 1. The molecule has 124 valence electrons. The number of hydrogen-bond donors (Lipinski definition) is 1. The van der Waals surface area contributed by atoms with Crippen molar-refractivity contribution in [1.82, 2.24) is 0 Å². The van der Waals surface area contributed by atoms with E-state index in [-0.39, 0.29) is 16.5 Å². The topological polar surface area (TPSA) is 72.6 Å². The fourth-order valence-corrected chi connectivity index (χ4v) is 2.87. The van der Waals surface area contributed by atoms with E-state index in [2.05, 4.69) is 13.8 Å². The summed E-state index contributed by atoms with van der Waals surface area (Å²) in [4.78, 5) is 20.7. The standard InChI is InChI=1S/C15H24ClNO4Si/c1-15(2,22(3,4)20)9-5-6-10-21-14-8-7-12(16)11-13(14)17(18)19/h7-8,11,20H,5-6,9-10H2,1-4H3. The third-order valence-corrected chi connectivity index (χ3v) is 8.03. The molecular weight excluding hydrogens is 322 g/mol. The maximum absolute atomic E-state index is 10.9. The highest BCUT2D eigenvalue weighted by Gasteiger charge is 2.37. The zero-order chi connectivity index (χ0) is 17.0. The number of nitrogens with zero attached hydrogens (tertiary/aromatic N) is 1. The number of nitro benzene ring substituents is 1. The van der Waals surface area contributed by atoms with Crippen molar-refractivity contribution in [1.29, 1.82) is 0 Å². The molecule has 1 aromatic carbocycles. The fraction of sp³-hybridized carbons (Fsp3) is 0.600. The monoisotopic (exact) mass is 345 g/mol. The van der Waals surface area contributed by atoms with Gasteiger partial charge in [-0.1, -0.05) is 25.4 Å². The largest absolute Gasteiger partial charge is 0.487 e. The first kappa shape index (κ1) is 18.9. The van der Waals surface area contributed by atoms with Crippen molar-refractivity contribution in [2.45, 2.75) is 51.2 Å². The van der Waals surface area contributed by atoms with Crippen LogP contribution in [0.15, 0.2) is 18.2 Å². The molecule has 0 atom stereocenters. The molecule has 0 amide bonds. The molecule has 0 spiro atoms. The van der Waals surface area contributed by atoms with E-state index in [0.29, 0.717) is 11.6 Å². The van der Waals surface area contributed by atoms with Crippen molar-refractivity contribution in [2.75, 3.05) is 6.61 Å². The molecule has 0 radical (unpaired) electrons. The lowest BCUT2D eigenvalue weighted by atomic mass is 10.1. The van der Waals surface area contributed by atoms with E-state index in [1.165, 1.54) is 12.1 Å². The van der Waals surface area contributed by atoms with Crippen molar-refractivity contribution < 1.29 is 14.5 Å². The zero-order valence-electron chi connectivity index (χ0n) is 13.6. The Kier molecular flexibility index (Phi) is 6.40. The molecule has 1 N–H and O–H groups in total. The molecule has 0 heterocycles. The molecule has 0 aliphatic heterocycles. The highest BCUT2D eigenvalue weighted by molar-refractivity contribution is 6.72. The van der Waals surface area contributed by atoms with Gasteiger partial charge in [-0.2, -0.15) is 0 Å². The van der Waals surface area contributed by atoms with Gasteiger partial charge in [0.05, 0.1) is 11.5 Å². The first-order valence-electron chi connectivity index (χ1n) is 7.34. The van der Waals surface area contributed by atoms with Gasteiger partial charge in [0.15, 0.2) is 14.1 Å². The van der Waals surface area contributed by atoms with E-state index >= 15 is 0 Å². The molecular formula is C15H24ClNO4Si. The molecule has 0 bridgehead atoms. The van der Waals surface area contributed by atoms with Crippen molar-refractivity contribution in [3.05, 3.63) is 33.3 Å². The Labute approximate surface area is 137 Å². The van der Waals surface area contributed by atoms with Gasteiger partial charge < -0.3 is 9.53 Å². The van der Waals surface area contributed by atoms with Gasteiger partial charge >= 0.3 is 5.69 Å². The van der Waals surface area contributed by atoms with E-state index in [0.717, 1.165) is 19.3 Å². The maximum atomic E-state index is 10.9. The molecule has 0 aliphatic carbocycles. The van der Waals surface area contributed by atoms with Crippen molar-refractivity contribution in [3.63, 3.8) is 0 Å². The first-order chi connectivity index (χ1) is 10.0. The lowest BCUT2D eigenvalue weighted by molar-refractivity contribution is -0.385. The van der Waals surface area contributed by atoms with E-state index in [4.69, 9.17) is 16.3 Å². The van der Waals surface area contributed by atoms with Crippen molar-refractivity contribution in [3.8, 4) is 5.75 Å². The van der Waals surface area contributed by atoms with Gasteiger partial charge in [-0.05, 0) is 49.5 Å². The molecule has 0 saturated carbocycles. The van der Waals surface area contributed by atoms with Crippen molar-refractivity contribution in [2.24, 2.45) is 0 Å². The quantitative estimate of drug-likeness (QED) is 0.318. The van der Waals surface area contributed by atoms with Gasteiger partial charge in [-0.15, -0.1) is 0 Å². The van der Waals surface area contributed by atoms with Crippen LogP contribution >= 0.6 is 11.6 Å². The van der Waals surface area contributed by atoms with Gasteiger partial charge in [0.1, 0.15) is 0 Å². The summed E-state index contributed by atoms with van der Waals surface area (Å²) in [6.07, 6.45) is 2.61. The normalized spacial score (nSPS) is 12.3. The van der Waals surface area contributed by atoms with Crippen LogP contribution in [0.5, 0.6) is 5.75 Å². The molecule has 1 aromatic rings. The van der Waals surface area contributed by atoms with E-state index < -0.39 is 13.2 Å². The van der Waals surface area contributed by atoms with Gasteiger partial charge in [-0.3, -0.25) is 10.1 Å². The number of unbranched alkanes of at least 4 members (excludes halogenated alkanes) is 1. The highest BCUT2D eigenvalue weighted by atomic mass is 35.5. The Morgan fingerprint density at radius 2 is 2.00 bits per heavy atom. The minimum Gasteiger partial charge on any atom is -0.487 e. The minimum atomic E-state index is -2.18. The second-order valence-electron chi connectivity index (χ2n) is 6.62. The van der Waals surface area contributed by atoms with Gasteiger partial charge in [0, 0.05) is 11.1 Å². The lowest BCUT2D eigenvalue weighted by Gasteiger charge is -2.35. The van der Waals surface area contributed by atoms with Crippen LogP contribution in [0.2, 0.25) is 23.2 Å². The van der Waals surface area contributed by atoms with Crippen LogP contribution in [0.3, 0.4) is 0 Å². The summed E-state index contributed by atoms with van der Waals surface area (Å²) in [6, 6.07) is 4.39. The molecule has 0 aliphatic rings. The van der Waals surface area contributed by atoms with E-state index in [1.54, 1.807) is 6.07 Å². The third-order valence-electron chi connectivity index (χ3n) is 4.23. The molecule has 0 unspecified atom stereocenters. The molecule has 22 heavy (non-hydrogen) atoms. The van der Waals surface area contributed by atoms with Gasteiger partial charge in [0.25, 0.3) is 0 Å². The van der Waals surface area contributed by atoms with Crippen LogP contribution in [0, 0.1) is 10.1 Å². The van der Waals surface area contributed by atoms with Crippen LogP contribution in [-0.4, -0.2) is 24.6 Å². The Morgan fingerprint density at radius 3 is 2.55 bits per heavy atom. The SMILES string of the molecule is CC(C)(CCCCOc1ccc(Cl)cc1[N+](=O)[O-])[Si](C)(C)O. The number of benzene rings is 1. The zero-order valence-corrected chi connectivity index (χ0v) is 15.3. The summed E-state index contributed by atoms with van der Waals surface area (Å²) >= 11 is 5.76. The molecule has 0 saturated heterocycles. The Morgan fingerprint density at radius 1 is 1.36 bits per heavy atom. The average molecular weight is 346 g/mol. The summed E-state index contributed by atoms with van der Waals surface area (Å²) in [6.45, 7) is 8.47. The second-order valence-corrected chi connectivity index (χ2v) is 11.5. The van der Waals surface area contributed by atoms with Crippen LogP contribution < -0.4 is 4.74 Å². The Balaban J connectivity index is 2.48. The summed E-state index contributed by atoms with van der Waals surface area (Å²) in [5.41, 5.74) is -0.114. The van der Waals surface area contributed by atoms with Crippen LogP contribution in [0.4, 0.5) is 5.69 Å². The predicted molar refractivity (Wildman–Crippen MR) is 91.2 cm³/mol. The number of hydrogen-bond acceptors (Lipinski definition) is 4. The van der Waals surface area contributed by atoms with E-state index in [9.17, 15) is 14.9 Å². The first-order valence-corrected chi connectivity index (χ1v) is 10.7. The van der Waals surface area contributed by atoms with Crippen LogP contribution in [0.25, 0.3) is 0 Å². The van der Waals surface area contributed by atoms with Crippen LogP contribution in [-0.2, 0) is 0 Å². The summed E-state index contributed by atoms with van der Waals surface area (Å²) in [7, 11) is -2.18. The molecule has 5 nitrogen and oxygen atoms in total. The highest BCUT2D eigenvalue weighted by Crippen LogP contribution is 2.40. The smallest absolute Gasteiger partial charge is 0.312 e. The average Bonchev–Trinajstić information content (AvgIpc) is 2.38. The lowest BCUT2D eigenvalue weighted by Crippen LogP contribution is -2.38. The summed E-state index contributed by atoms with van der Waals surface area (Å²) < 4.78 is 5.50. The summed E-state index contributed by atoms with van der Waals surface area (Å²) in [5, 5.41) is 11.2. The summed E-state index contributed by atoms with van der Waals surface area (Å²) in [5.74, 6) is 0.241. The second kappa shape index (κ2) is 7.44. The van der Waals surface area contributed by atoms with Gasteiger partial charge in [-0.25, -0.2) is 0 Å². The maximum Gasteiger partial charge on any atom is 0.312 e. The predicted octanol–water partition coefficient (Wildman–Crippen LogP) is 4.77. The fourth-order valence-electron chi connectivity index (χ4n) is 1.91.